The molecule has 76 valence electrons. The van der Waals surface area contributed by atoms with Crippen molar-refractivity contribution in [2.45, 2.75) is 6.92 Å². The second kappa shape index (κ2) is 3.53. The number of hydrogen-bond donors (Lipinski definition) is 1. The van der Waals surface area contributed by atoms with Gasteiger partial charge in [0.05, 0.1) is 4.92 Å². The molecule has 0 bridgehead atoms. The summed E-state index contributed by atoms with van der Waals surface area (Å²) < 4.78 is 0. The predicted octanol–water partition coefficient (Wildman–Crippen LogP) is 2.20. The first kappa shape index (κ1) is 9.39. The topological polar surface area (TPSA) is 71.8 Å². The van der Waals surface area contributed by atoms with E-state index in [1.165, 1.54) is 13.0 Å². The van der Waals surface area contributed by atoms with E-state index in [4.69, 9.17) is 0 Å². The van der Waals surface area contributed by atoms with Gasteiger partial charge >= 0.3 is 0 Å². The van der Waals surface area contributed by atoms with E-state index in [0.29, 0.717) is 0 Å². The number of H-pyrrole nitrogens is 1. The second-order valence-electron chi connectivity index (χ2n) is 3.19. The van der Waals surface area contributed by atoms with Gasteiger partial charge in [0.15, 0.2) is 0 Å². The molecule has 0 fully saturated rings. The minimum absolute atomic E-state index is 0.111. The number of aromatic amines is 1. The van der Waals surface area contributed by atoms with Gasteiger partial charge in [0.1, 0.15) is 5.65 Å². The molecule has 0 aliphatic carbocycles. The van der Waals surface area contributed by atoms with Gasteiger partial charge in [-0.15, -0.1) is 0 Å². The van der Waals surface area contributed by atoms with Crippen molar-refractivity contribution in [2.75, 3.05) is 0 Å². The maximum atomic E-state index is 10.5. The Morgan fingerprint density at radius 3 is 3.20 bits per heavy atom. The normalized spacial score (nSPS) is 11.9. The van der Waals surface area contributed by atoms with Gasteiger partial charge in [0, 0.05) is 36.3 Å². The van der Waals surface area contributed by atoms with Gasteiger partial charge in [-0.1, -0.05) is 0 Å². The van der Waals surface area contributed by atoms with Gasteiger partial charge in [-0.25, -0.2) is 4.98 Å². The van der Waals surface area contributed by atoms with Crippen LogP contribution in [0.3, 0.4) is 0 Å². The number of fused-ring (bicyclic) bond motifs is 1. The Balaban J connectivity index is 2.54. The molecule has 0 aromatic carbocycles. The van der Waals surface area contributed by atoms with Crippen LogP contribution in [-0.2, 0) is 0 Å². The molecule has 15 heavy (non-hydrogen) atoms. The average Bonchev–Trinajstić information content (AvgIpc) is 2.62. The zero-order valence-electron chi connectivity index (χ0n) is 8.10. The molecular weight excluding hydrogens is 194 g/mol. The van der Waals surface area contributed by atoms with Crippen LogP contribution in [0.2, 0.25) is 0 Å². The molecule has 0 aliphatic heterocycles. The van der Waals surface area contributed by atoms with E-state index in [9.17, 15) is 10.1 Å². The molecule has 0 amide bonds. The first-order valence-corrected chi connectivity index (χ1v) is 4.43. The van der Waals surface area contributed by atoms with Crippen molar-refractivity contribution < 1.29 is 4.92 Å². The highest BCUT2D eigenvalue weighted by atomic mass is 16.6. The number of hydrogen-bond acceptors (Lipinski definition) is 3. The van der Waals surface area contributed by atoms with Crippen LogP contribution in [0.15, 0.2) is 30.2 Å². The number of nitrogens with zero attached hydrogens (tertiary/aromatic N) is 2. The van der Waals surface area contributed by atoms with Crippen molar-refractivity contribution in [1.82, 2.24) is 9.97 Å². The van der Waals surface area contributed by atoms with Gasteiger partial charge in [-0.05, 0) is 12.1 Å². The highest BCUT2D eigenvalue weighted by molar-refractivity contribution is 5.86. The summed E-state index contributed by atoms with van der Waals surface area (Å²) in [6.45, 7) is 1.47. The molecule has 2 aromatic heterocycles. The van der Waals surface area contributed by atoms with Crippen molar-refractivity contribution >= 4 is 17.1 Å². The molecule has 0 atom stereocenters. The van der Waals surface area contributed by atoms with Gasteiger partial charge in [-0.3, -0.25) is 10.1 Å². The lowest BCUT2D eigenvalue weighted by molar-refractivity contribution is -0.422. The van der Waals surface area contributed by atoms with Gasteiger partial charge < -0.3 is 4.98 Å². The Morgan fingerprint density at radius 2 is 2.47 bits per heavy atom. The predicted molar refractivity (Wildman–Crippen MR) is 56.7 cm³/mol. The van der Waals surface area contributed by atoms with Crippen LogP contribution in [0.1, 0.15) is 12.5 Å². The Labute approximate surface area is 85.6 Å². The molecule has 2 aromatic rings. The summed E-state index contributed by atoms with van der Waals surface area (Å²) in [5.74, 6) is 0. The number of allylic oxidation sites excluding steroid dienone is 1. The van der Waals surface area contributed by atoms with E-state index >= 15 is 0 Å². The number of nitro groups is 1. The van der Waals surface area contributed by atoms with Crippen molar-refractivity contribution in [3.05, 3.63) is 45.9 Å². The van der Waals surface area contributed by atoms with Crippen molar-refractivity contribution in [3.63, 3.8) is 0 Å². The third kappa shape index (κ3) is 1.71. The van der Waals surface area contributed by atoms with Crippen LogP contribution in [0.5, 0.6) is 0 Å². The van der Waals surface area contributed by atoms with Crippen LogP contribution in [-0.4, -0.2) is 14.9 Å². The summed E-state index contributed by atoms with van der Waals surface area (Å²) in [4.78, 5) is 17.1. The molecule has 0 spiro atoms. The smallest absolute Gasteiger partial charge is 0.243 e. The largest absolute Gasteiger partial charge is 0.346 e. The Bertz CT molecular complexity index is 542. The molecule has 2 heterocycles. The molecule has 0 aliphatic rings. The van der Waals surface area contributed by atoms with E-state index in [0.717, 1.165) is 16.6 Å². The lowest BCUT2D eigenvalue weighted by atomic mass is 10.2. The molecule has 5 heteroatoms. The van der Waals surface area contributed by atoms with Crippen molar-refractivity contribution in [2.24, 2.45) is 0 Å². The number of nitrogens with one attached hydrogen (secondary N) is 1. The van der Waals surface area contributed by atoms with E-state index in [2.05, 4.69) is 9.97 Å². The van der Waals surface area contributed by atoms with Crippen LogP contribution in [0.25, 0.3) is 17.1 Å². The highest BCUT2D eigenvalue weighted by Crippen LogP contribution is 2.18. The fourth-order valence-electron chi connectivity index (χ4n) is 1.37. The summed E-state index contributed by atoms with van der Waals surface area (Å²) in [6, 6.07) is 3.67. The van der Waals surface area contributed by atoms with E-state index in [-0.39, 0.29) is 5.70 Å². The minimum atomic E-state index is -0.408. The van der Waals surface area contributed by atoms with Crippen LogP contribution < -0.4 is 0 Å². The van der Waals surface area contributed by atoms with E-state index in [1.807, 2.05) is 6.07 Å². The van der Waals surface area contributed by atoms with Crippen LogP contribution >= 0.6 is 0 Å². The minimum Gasteiger partial charge on any atom is -0.346 e. The fraction of sp³-hybridized carbons (Fsp3) is 0.100. The van der Waals surface area contributed by atoms with Gasteiger partial charge in [-0.2, -0.15) is 0 Å². The summed E-state index contributed by atoms with van der Waals surface area (Å²) in [6.07, 6.45) is 4.91. The Morgan fingerprint density at radius 1 is 1.67 bits per heavy atom. The summed E-state index contributed by atoms with van der Waals surface area (Å²) >= 11 is 0. The average molecular weight is 203 g/mol. The Kier molecular flexibility index (Phi) is 2.21. The third-order valence-electron chi connectivity index (χ3n) is 2.14. The second-order valence-corrected chi connectivity index (χ2v) is 3.19. The Hall–Kier alpha value is -2.17. The third-order valence-corrected chi connectivity index (χ3v) is 2.14. The molecule has 0 unspecified atom stereocenters. The number of aromatic nitrogens is 2. The van der Waals surface area contributed by atoms with Crippen LogP contribution in [0, 0.1) is 10.1 Å². The molecule has 0 saturated carbocycles. The standard InChI is InChI=1S/C10H9N3O2/c1-7(13(14)15)5-8-6-12-10-9(8)3-2-4-11-10/h2-6H,1H3,(H,11,12)/b7-5-. The van der Waals surface area contributed by atoms with Gasteiger partial charge in [0.25, 0.3) is 0 Å². The number of rotatable bonds is 2. The quantitative estimate of drug-likeness (QED) is 0.600. The van der Waals surface area contributed by atoms with Crippen molar-refractivity contribution in [3.8, 4) is 0 Å². The SMILES string of the molecule is C/C(=C/c1c[nH]c2ncccc12)[N+](=O)[O-]. The van der Waals surface area contributed by atoms with Crippen LogP contribution in [0.4, 0.5) is 0 Å². The number of pyridine rings is 1. The zero-order valence-corrected chi connectivity index (χ0v) is 8.10. The lowest BCUT2D eigenvalue weighted by Crippen LogP contribution is -1.92. The summed E-state index contributed by atoms with van der Waals surface area (Å²) in [7, 11) is 0. The monoisotopic (exact) mass is 203 g/mol. The molecule has 1 N–H and O–H groups in total. The van der Waals surface area contributed by atoms with Gasteiger partial charge in [0.2, 0.25) is 5.70 Å². The first-order valence-electron chi connectivity index (χ1n) is 4.43. The fourth-order valence-corrected chi connectivity index (χ4v) is 1.37. The molecular formula is C10H9N3O2. The molecule has 0 saturated heterocycles. The molecule has 2 rings (SSSR count). The summed E-state index contributed by atoms with van der Waals surface area (Å²) in [5, 5.41) is 11.4. The zero-order chi connectivity index (χ0) is 10.8. The molecule has 0 radical (unpaired) electrons. The maximum absolute atomic E-state index is 10.5. The van der Waals surface area contributed by atoms with E-state index < -0.39 is 4.92 Å². The first-order chi connectivity index (χ1) is 7.18. The molecule has 5 nitrogen and oxygen atoms in total. The van der Waals surface area contributed by atoms with E-state index in [1.54, 1.807) is 18.5 Å². The lowest BCUT2D eigenvalue weighted by Gasteiger charge is -1.91. The van der Waals surface area contributed by atoms with Crippen molar-refractivity contribution in [1.29, 1.82) is 0 Å². The highest BCUT2D eigenvalue weighted by Gasteiger charge is 2.06. The summed E-state index contributed by atoms with van der Waals surface area (Å²) in [5.41, 5.74) is 1.63. The maximum Gasteiger partial charge on any atom is 0.243 e.